The van der Waals surface area contributed by atoms with Crippen molar-refractivity contribution in [3.8, 4) is 5.82 Å². The second-order valence-electron chi connectivity index (χ2n) is 6.18. The number of fused-ring (bicyclic) bond motifs is 1. The van der Waals surface area contributed by atoms with E-state index in [1.807, 2.05) is 51.2 Å². The highest BCUT2D eigenvalue weighted by Gasteiger charge is 2.15. The number of aryl methyl sites for hydroxylation is 3. The lowest BCUT2D eigenvalue weighted by Gasteiger charge is -2.03. The maximum Gasteiger partial charge on any atom is 0.226 e. The molecule has 0 aliphatic carbocycles. The fourth-order valence-corrected chi connectivity index (χ4v) is 2.86. The Bertz CT molecular complexity index is 1140. The van der Waals surface area contributed by atoms with Crippen LogP contribution < -0.4 is 5.43 Å². The average Bonchev–Trinajstić information content (AvgIpc) is 3.18. The number of nitrogens with zero attached hydrogens (tertiary/aromatic N) is 7. The van der Waals surface area contributed by atoms with Gasteiger partial charge in [0, 0.05) is 18.8 Å². The molecule has 0 aliphatic rings. The topological polar surface area (TPSA) is 85.8 Å². The lowest BCUT2D eigenvalue weighted by Crippen LogP contribution is -2.00. The number of rotatable bonds is 4. The lowest BCUT2D eigenvalue weighted by molar-refractivity contribution is 0.729. The van der Waals surface area contributed by atoms with Gasteiger partial charge in [-0.1, -0.05) is 29.8 Å². The summed E-state index contributed by atoms with van der Waals surface area (Å²) in [6.07, 6.45) is 3.36. The molecule has 1 aromatic carbocycles. The Kier molecular flexibility index (Phi) is 4.33. The van der Waals surface area contributed by atoms with Crippen LogP contribution in [0.5, 0.6) is 0 Å². The maximum atomic E-state index is 6.11. The number of hydrogen-bond acceptors (Lipinski definition) is 6. The molecule has 27 heavy (non-hydrogen) atoms. The highest BCUT2D eigenvalue weighted by Crippen LogP contribution is 2.23. The quantitative estimate of drug-likeness (QED) is 0.333. The van der Waals surface area contributed by atoms with Gasteiger partial charge in [0.25, 0.3) is 0 Å². The number of imidazole rings is 1. The Morgan fingerprint density at radius 3 is 2.78 bits per heavy atom. The van der Waals surface area contributed by atoms with E-state index in [0.717, 1.165) is 16.8 Å². The van der Waals surface area contributed by atoms with Crippen molar-refractivity contribution in [2.45, 2.75) is 13.8 Å². The molecule has 0 radical (unpaired) electrons. The van der Waals surface area contributed by atoms with Gasteiger partial charge in [0.05, 0.1) is 6.21 Å². The van der Waals surface area contributed by atoms with E-state index in [-0.39, 0.29) is 5.28 Å². The van der Waals surface area contributed by atoms with Gasteiger partial charge in [-0.25, -0.2) is 4.98 Å². The van der Waals surface area contributed by atoms with Crippen LogP contribution >= 0.6 is 11.6 Å². The molecule has 3 heterocycles. The van der Waals surface area contributed by atoms with Gasteiger partial charge >= 0.3 is 0 Å². The maximum absolute atomic E-state index is 6.11. The Balaban J connectivity index is 1.69. The molecule has 4 rings (SSSR count). The first-order valence-electron chi connectivity index (χ1n) is 8.28. The largest absolute Gasteiger partial charge is 0.271 e. The van der Waals surface area contributed by atoms with Crippen LogP contribution in [0.2, 0.25) is 5.28 Å². The normalized spacial score (nSPS) is 11.6. The van der Waals surface area contributed by atoms with E-state index in [2.05, 4.69) is 30.6 Å². The van der Waals surface area contributed by atoms with E-state index in [9.17, 15) is 0 Å². The predicted octanol–water partition coefficient (Wildman–Crippen LogP) is 3.27. The second-order valence-corrected chi connectivity index (χ2v) is 6.52. The van der Waals surface area contributed by atoms with Crippen molar-refractivity contribution in [2.24, 2.45) is 12.1 Å². The number of halogens is 1. The Morgan fingerprint density at radius 2 is 2.04 bits per heavy atom. The van der Waals surface area contributed by atoms with E-state index in [1.165, 1.54) is 0 Å². The molecule has 9 heteroatoms. The van der Waals surface area contributed by atoms with Crippen molar-refractivity contribution in [2.75, 3.05) is 5.43 Å². The van der Waals surface area contributed by atoms with E-state index >= 15 is 0 Å². The van der Waals surface area contributed by atoms with E-state index in [0.29, 0.717) is 22.8 Å². The predicted molar refractivity (Wildman–Crippen MR) is 106 cm³/mol. The summed E-state index contributed by atoms with van der Waals surface area (Å²) in [5, 5.41) is 8.81. The van der Waals surface area contributed by atoms with E-state index < -0.39 is 0 Å². The van der Waals surface area contributed by atoms with Crippen LogP contribution in [0, 0.1) is 13.8 Å². The molecule has 8 nitrogen and oxygen atoms in total. The zero-order valence-corrected chi connectivity index (χ0v) is 15.8. The molecule has 0 atom stereocenters. The minimum Gasteiger partial charge on any atom is -0.271 e. The van der Waals surface area contributed by atoms with E-state index in [4.69, 9.17) is 11.6 Å². The highest BCUT2D eigenvalue weighted by molar-refractivity contribution is 6.28. The smallest absolute Gasteiger partial charge is 0.226 e. The van der Waals surface area contributed by atoms with Crippen molar-refractivity contribution in [3.05, 3.63) is 58.8 Å². The molecule has 4 aromatic rings. The molecule has 0 spiro atoms. The molecule has 0 saturated heterocycles. The van der Waals surface area contributed by atoms with Crippen molar-refractivity contribution in [3.63, 3.8) is 0 Å². The number of anilines is 1. The van der Waals surface area contributed by atoms with Gasteiger partial charge in [-0.2, -0.15) is 20.2 Å². The van der Waals surface area contributed by atoms with Gasteiger partial charge in [0.1, 0.15) is 6.33 Å². The minimum atomic E-state index is 0.102. The summed E-state index contributed by atoms with van der Waals surface area (Å²) in [5.74, 6) is 1.14. The second kappa shape index (κ2) is 6.81. The number of nitrogens with one attached hydrogen (secondary N) is 1. The van der Waals surface area contributed by atoms with Crippen LogP contribution in [0.1, 0.15) is 16.8 Å². The van der Waals surface area contributed by atoms with Crippen LogP contribution in [0.15, 0.2) is 41.8 Å². The van der Waals surface area contributed by atoms with Crippen molar-refractivity contribution in [1.29, 1.82) is 0 Å². The first kappa shape index (κ1) is 17.2. The SMILES string of the molecule is Cc1cccc(C=NNc2nc(Cl)nc3c2ncn3-c2cc(C)n(C)n2)c1. The molecule has 0 fully saturated rings. The third-order valence-corrected chi connectivity index (χ3v) is 4.31. The third-order valence-electron chi connectivity index (χ3n) is 4.14. The molecule has 136 valence electrons. The van der Waals surface area contributed by atoms with Crippen LogP contribution in [0.4, 0.5) is 5.82 Å². The molecular formula is C18H17ClN8. The van der Waals surface area contributed by atoms with Crippen molar-refractivity contribution in [1.82, 2.24) is 29.3 Å². The summed E-state index contributed by atoms with van der Waals surface area (Å²) >= 11 is 6.11. The van der Waals surface area contributed by atoms with Crippen LogP contribution in [0.25, 0.3) is 17.0 Å². The third kappa shape index (κ3) is 3.39. The first-order chi connectivity index (χ1) is 13.0. The molecule has 3 aromatic heterocycles. The van der Waals surface area contributed by atoms with Gasteiger partial charge in [-0.15, -0.1) is 0 Å². The average molecular weight is 381 g/mol. The van der Waals surface area contributed by atoms with Gasteiger partial charge in [-0.3, -0.25) is 14.7 Å². The summed E-state index contributed by atoms with van der Waals surface area (Å²) < 4.78 is 3.56. The Labute approximate surface area is 160 Å². The summed E-state index contributed by atoms with van der Waals surface area (Å²) in [6, 6.07) is 9.96. The van der Waals surface area contributed by atoms with Crippen molar-refractivity contribution >= 4 is 34.8 Å². The zero-order valence-electron chi connectivity index (χ0n) is 15.0. The van der Waals surface area contributed by atoms with E-state index in [1.54, 1.807) is 21.8 Å². The summed E-state index contributed by atoms with van der Waals surface area (Å²) in [4.78, 5) is 12.9. The highest BCUT2D eigenvalue weighted by atomic mass is 35.5. The molecule has 0 aliphatic heterocycles. The molecule has 1 N–H and O–H groups in total. The zero-order chi connectivity index (χ0) is 19.0. The van der Waals surface area contributed by atoms with Crippen LogP contribution in [0.3, 0.4) is 0 Å². The summed E-state index contributed by atoms with van der Waals surface area (Å²) in [7, 11) is 1.88. The number of hydrazone groups is 1. The van der Waals surface area contributed by atoms with Crippen LogP contribution in [-0.4, -0.2) is 35.5 Å². The van der Waals surface area contributed by atoms with Gasteiger partial charge < -0.3 is 0 Å². The van der Waals surface area contributed by atoms with Gasteiger partial charge in [0.15, 0.2) is 22.8 Å². The Hall–Kier alpha value is -3.26. The molecule has 0 amide bonds. The van der Waals surface area contributed by atoms with Gasteiger partial charge in [-0.05, 0) is 31.0 Å². The first-order valence-corrected chi connectivity index (χ1v) is 8.66. The Morgan fingerprint density at radius 1 is 1.19 bits per heavy atom. The number of benzene rings is 1. The molecule has 0 saturated carbocycles. The van der Waals surface area contributed by atoms with Crippen molar-refractivity contribution < 1.29 is 0 Å². The number of aromatic nitrogens is 6. The molecular weight excluding hydrogens is 364 g/mol. The standard InChI is InChI=1S/C18H17ClN8/c1-11-5-4-6-13(7-11)9-21-24-16-15-17(23-18(19)22-16)27(10-20-15)14-8-12(2)26(3)25-14/h4-10H,1-3H3,(H,22,23,24). The lowest BCUT2D eigenvalue weighted by atomic mass is 10.2. The molecule has 0 unspecified atom stereocenters. The van der Waals surface area contributed by atoms with Crippen LogP contribution in [-0.2, 0) is 7.05 Å². The monoisotopic (exact) mass is 380 g/mol. The number of hydrogen-bond donors (Lipinski definition) is 1. The summed E-state index contributed by atoms with van der Waals surface area (Å²) in [6.45, 7) is 4.01. The fraction of sp³-hybridized carbons (Fsp3) is 0.167. The van der Waals surface area contributed by atoms with Gasteiger partial charge in [0.2, 0.25) is 5.28 Å². The summed E-state index contributed by atoms with van der Waals surface area (Å²) in [5.41, 5.74) is 7.19. The minimum absolute atomic E-state index is 0.102. The fourth-order valence-electron chi connectivity index (χ4n) is 2.70. The molecule has 0 bridgehead atoms.